The van der Waals surface area contributed by atoms with Crippen LogP contribution in [0.3, 0.4) is 0 Å². The largest absolute Gasteiger partial charge is 0.344 e. The third kappa shape index (κ3) is 3.20. The van der Waals surface area contributed by atoms with Crippen molar-refractivity contribution in [3.63, 3.8) is 0 Å². The number of rotatable bonds is 4. The molecule has 5 nitrogen and oxygen atoms in total. The molecule has 0 aliphatic heterocycles. The highest BCUT2D eigenvalue weighted by Gasteiger charge is 2.28. The van der Waals surface area contributed by atoms with Gasteiger partial charge in [0.25, 0.3) is 0 Å². The summed E-state index contributed by atoms with van der Waals surface area (Å²) in [4.78, 5) is 11.7. The fourth-order valence-electron chi connectivity index (χ4n) is 2.10. The normalized spacial score (nSPS) is 13.8. The van der Waals surface area contributed by atoms with Crippen molar-refractivity contribution in [1.82, 2.24) is 14.8 Å². The van der Waals surface area contributed by atoms with E-state index < -0.39 is 0 Å². The summed E-state index contributed by atoms with van der Waals surface area (Å²) in [5, 5.41) is 7.41. The van der Waals surface area contributed by atoms with Crippen LogP contribution in [-0.2, 0) is 5.75 Å². The van der Waals surface area contributed by atoms with Gasteiger partial charge in [-0.2, -0.15) is 0 Å². The number of nitrogens with one attached hydrogen (secondary N) is 1. The zero-order valence-corrected chi connectivity index (χ0v) is 12.3. The number of benzene rings is 1. The van der Waals surface area contributed by atoms with Gasteiger partial charge < -0.3 is 5.73 Å². The summed E-state index contributed by atoms with van der Waals surface area (Å²) in [5.41, 5.74) is 7.41. The van der Waals surface area contributed by atoms with Gasteiger partial charge in [0.2, 0.25) is 0 Å². The van der Waals surface area contributed by atoms with Crippen molar-refractivity contribution in [3.8, 4) is 11.8 Å². The van der Waals surface area contributed by atoms with Gasteiger partial charge in [0, 0.05) is 17.4 Å². The van der Waals surface area contributed by atoms with Crippen LogP contribution in [0, 0.1) is 11.8 Å². The van der Waals surface area contributed by atoms with Crippen LogP contribution in [0.5, 0.6) is 0 Å². The molecule has 0 amide bonds. The molecule has 0 atom stereocenters. The lowest BCUT2D eigenvalue weighted by Gasteiger charge is -2.05. The summed E-state index contributed by atoms with van der Waals surface area (Å²) < 4.78 is 1.76. The lowest BCUT2D eigenvalue weighted by molar-refractivity contribution is 0.642. The zero-order valence-electron chi connectivity index (χ0n) is 11.5. The molecule has 0 unspecified atom stereocenters. The smallest absolute Gasteiger partial charge is 0.320 e. The van der Waals surface area contributed by atoms with Crippen LogP contribution in [0.2, 0.25) is 0 Å². The lowest BCUT2D eigenvalue weighted by atomic mass is 10.1. The van der Waals surface area contributed by atoms with Crippen LogP contribution < -0.4 is 11.4 Å². The van der Waals surface area contributed by atoms with E-state index in [4.69, 9.17) is 5.73 Å². The standard InChI is InChI=1S/C15H16N4OS/c16-9-3-6-11-4-1-2-5-12(11)10-21-15-18-17-14(20)19(15)13-7-8-13/h1-2,4-5,13H,7-10,16H2,(H,17,20). The number of hydrogen-bond acceptors (Lipinski definition) is 4. The first-order valence-electron chi connectivity index (χ1n) is 6.86. The van der Waals surface area contributed by atoms with Crippen LogP contribution in [0.25, 0.3) is 0 Å². The minimum atomic E-state index is -0.115. The van der Waals surface area contributed by atoms with Gasteiger partial charge in [-0.3, -0.25) is 4.57 Å². The van der Waals surface area contributed by atoms with Gasteiger partial charge >= 0.3 is 5.69 Å². The Morgan fingerprint density at radius 3 is 3.00 bits per heavy atom. The molecular weight excluding hydrogens is 284 g/mol. The molecule has 108 valence electrons. The third-order valence-corrected chi connectivity index (χ3v) is 4.28. The zero-order chi connectivity index (χ0) is 14.7. The van der Waals surface area contributed by atoms with E-state index in [9.17, 15) is 4.79 Å². The molecule has 6 heteroatoms. The van der Waals surface area contributed by atoms with E-state index >= 15 is 0 Å². The highest BCUT2D eigenvalue weighted by Crippen LogP contribution is 2.36. The molecule has 1 aromatic heterocycles. The highest BCUT2D eigenvalue weighted by molar-refractivity contribution is 7.98. The maximum atomic E-state index is 11.7. The van der Waals surface area contributed by atoms with Crippen molar-refractivity contribution in [2.45, 2.75) is 29.8 Å². The quantitative estimate of drug-likeness (QED) is 0.663. The SMILES string of the molecule is NCC#Cc1ccccc1CSc1n[nH]c(=O)n1C1CC1. The van der Waals surface area contributed by atoms with E-state index in [1.165, 1.54) is 0 Å². The van der Waals surface area contributed by atoms with Gasteiger partial charge in [-0.1, -0.05) is 41.8 Å². The Morgan fingerprint density at radius 2 is 2.24 bits per heavy atom. The summed E-state index contributed by atoms with van der Waals surface area (Å²) in [7, 11) is 0. The predicted octanol–water partition coefficient (Wildman–Crippen LogP) is 1.51. The molecule has 0 saturated heterocycles. The molecule has 2 aromatic rings. The first-order chi connectivity index (χ1) is 10.3. The van der Waals surface area contributed by atoms with Crippen molar-refractivity contribution in [2.24, 2.45) is 5.73 Å². The summed E-state index contributed by atoms with van der Waals surface area (Å²) in [6.45, 7) is 0.349. The Hall–Kier alpha value is -1.97. The fourth-order valence-corrected chi connectivity index (χ4v) is 3.12. The van der Waals surface area contributed by atoms with Crippen LogP contribution >= 0.6 is 11.8 Å². The van der Waals surface area contributed by atoms with Crippen molar-refractivity contribution >= 4 is 11.8 Å². The fraction of sp³-hybridized carbons (Fsp3) is 0.333. The number of nitrogens with two attached hydrogens (primary N) is 1. The predicted molar refractivity (Wildman–Crippen MR) is 83.1 cm³/mol. The molecule has 3 N–H and O–H groups in total. The van der Waals surface area contributed by atoms with E-state index in [1.54, 1.807) is 16.3 Å². The maximum absolute atomic E-state index is 11.7. The molecule has 1 saturated carbocycles. The number of H-pyrrole nitrogens is 1. The summed E-state index contributed by atoms with van der Waals surface area (Å²) >= 11 is 1.56. The second kappa shape index (κ2) is 6.20. The molecule has 21 heavy (non-hydrogen) atoms. The highest BCUT2D eigenvalue weighted by atomic mass is 32.2. The minimum Gasteiger partial charge on any atom is -0.320 e. The molecule has 1 heterocycles. The summed E-state index contributed by atoms with van der Waals surface area (Å²) in [6, 6.07) is 8.30. The van der Waals surface area contributed by atoms with Gasteiger partial charge in [-0.25, -0.2) is 9.89 Å². The molecule has 3 rings (SSSR count). The van der Waals surface area contributed by atoms with E-state index in [1.807, 2.05) is 24.3 Å². The van der Waals surface area contributed by atoms with E-state index in [-0.39, 0.29) is 5.69 Å². The Balaban J connectivity index is 1.78. The van der Waals surface area contributed by atoms with Gasteiger partial charge in [-0.15, -0.1) is 5.10 Å². The van der Waals surface area contributed by atoms with E-state index in [0.717, 1.165) is 34.9 Å². The number of hydrogen-bond donors (Lipinski definition) is 2. The van der Waals surface area contributed by atoms with Gasteiger partial charge in [0.05, 0.1) is 6.54 Å². The van der Waals surface area contributed by atoms with Crippen LogP contribution in [0.1, 0.15) is 30.0 Å². The molecule has 1 aliphatic rings. The Morgan fingerprint density at radius 1 is 1.43 bits per heavy atom. The Bertz CT molecular complexity index is 749. The maximum Gasteiger partial charge on any atom is 0.344 e. The van der Waals surface area contributed by atoms with Gasteiger partial charge in [-0.05, 0) is 24.5 Å². The summed E-state index contributed by atoms with van der Waals surface area (Å²) in [6.07, 6.45) is 2.12. The Kier molecular flexibility index (Phi) is 4.13. The minimum absolute atomic E-state index is 0.115. The molecule has 0 spiro atoms. The molecule has 0 radical (unpaired) electrons. The molecular formula is C15H16N4OS. The van der Waals surface area contributed by atoms with Gasteiger partial charge in [0.15, 0.2) is 5.16 Å². The average molecular weight is 300 g/mol. The number of aromatic amines is 1. The molecule has 1 aliphatic carbocycles. The van der Waals surface area contributed by atoms with Crippen LogP contribution in [0.15, 0.2) is 34.2 Å². The van der Waals surface area contributed by atoms with Gasteiger partial charge in [0.1, 0.15) is 0 Å². The van der Waals surface area contributed by atoms with Crippen LogP contribution in [0.4, 0.5) is 0 Å². The first-order valence-corrected chi connectivity index (χ1v) is 7.84. The van der Waals surface area contributed by atoms with Crippen molar-refractivity contribution in [1.29, 1.82) is 0 Å². The third-order valence-electron chi connectivity index (χ3n) is 3.28. The summed E-state index contributed by atoms with van der Waals surface area (Å²) in [5.74, 6) is 6.69. The second-order valence-electron chi connectivity index (χ2n) is 4.86. The topological polar surface area (TPSA) is 76.7 Å². The molecule has 0 bridgehead atoms. The number of nitrogens with zero attached hydrogens (tertiary/aromatic N) is 2. The second-order valence-corrected chi connectivity index (χ2v) is 5.81. The average Bonchev–Trinajstić information content (AvgIpc) is 3.27. The molecule has 1 aromatic carbocycles. The lowest BCUT2D eigenvalue weighted by Crippen LogP contribution is -2.16. The van der Waals surface area contributed by atoms with Crippen LogP contribution in [-0.4, -0.2) is 21.3 Å². The Labute approximate surface area is 126 Å². The van der Waals surface area contributed by atoms with E-state index in [2.05, 4.69) is 22.0 Å². The van der Waals surface area contributed by atoms with Crippen molar-refractivity contribution in [2.75, 3.05) is 6.54 Å². The van der Waals surface area contributed by atoms with E-state index in [0.29, 0.717) is 12.6 Å². The monoisotopic (exact) mass is 300 g/mol. The van der Waals surface area contributed by atoms with Crippen molar-refractivity contribution < 1.29 is 0 Å². The number of aromatic nitrogens is 3. The molecule has 1 fully saturated rings. The number of thioether (sulfide) groups is 1. The first kappa shape index (κ1) is 14.0. The van der Waals surface area contributed by atoms with Crippen molar-refractivity contribution in [3.05, 3.63) is 45.9 Å².